The molecule has 4 saturated heterocycles. The number of carbonyl (C=O) groups excluding carboxylic acids is 5. The summed E-state index contributed by atoms with van der Waals surface area (Å²) in [5, 5.41) is 58.5. The number of nitrogens with two attached hydrogens (primary N) is 1. The van der Waals surface area contributed by atoms with Crippen LogP contribution in [0, 0.1) is 11.8 Å². The van der Waals surface area contributed by atoms with Crippen molar-refractivity contribution in [2.75, 3.05) is 49.2 Å². The van der Waals surface area contributed by atoms with E-state index in [-0.39, 0.29) is 44.2 Å². The van der Waals surface area contributed by atoms with Gasteiger partial charge in [0.05, 0.1) is 26.3 Å². The molecule has 428 valence electrons. The second-order valence-corrected chi connectivity index (χ2v) is 28.3. The van der Waals surface area contributed by atoms with Gasteiger partial charge in [-0.1, -0.05) is 65.2 Å². The largest absolute Gasteiger partial charge is 0.444 e. The maximum Gasteiger partial charge on any atom is 0.408 e. The van der Waals surface area contributed by atoms with Crippen LogP contribution in [-0.2, 0) is 23.9 Å². The minimum absolute atomic E-state index is 0. The van der Waals surface area contributed by atoms with E-state index in [2.05, 4.69) is 26.6 Å². The van der Waals surface area contributed by atoms with Crippen LogP contribution in [0.5, 0.6) is 0 Å². The number of carbonyl (C=O) groups is 5. The Hall–Kier alpha value is -1.44. The molecule has 0 aromatic carbocycles. The molecule has 0 bridgehead atoms. The van der Waals surface area contributed by atoms with E-state index in [9.17, 15) is 44.4 Å². The minimum Gasteiger partial charge on any atom is -0.444 e. The molecule has 6 aliphatic rings. The van der Waals surface area contributed by atoms with Gasteiger partial charge in [-0.3, -0.25) is 29.8 Å². The third-order valence-electron chi connectivity index (χ3n) is 15.1. The molecule has 6 unspecified atom stereocenters. The monoisotopic (exact) mass is 1140 g/mol. The molecule has 10 atom stereocenters. The summed E-state index contributed by atoms with van der Waals surface area (Å²) in [7, 11) is 0. The summed E-state index contributed by atoms with van der Waals surface area (Å²) in [6, 6.07) is -3.56. The van der Waals surface area contributed by atoms with Crippen molar-refractivity contribution in [3.8, 4) is 0 Å². The number of alkyl carbamates (subject to hydrolysis) is 1. The maximum atomic E-state index is 14.3. The first-order valence-electron chi connectivity index (χ1n) is 27.4. The predicted molar refractivity (Wildman–Crippen MR) is 302 cm³/mol. The lowest BCUT2D eigenvalue weighted by molar-refractivity contribution is -0.140. The Balaban J connectivity index is 0.000000322. The fraction of sp³-hybridized carbons (Fsp3) is 0.902. The number of nitrogens with zero attached hydrogens (tertiary/aromatic N) is 2. The number of ether oxygens (including phenoxy) is 1. The van der Waals surface area contributed by atoms with E-state index in [0.717, 1.165) is 87.2 Å². The molecule has 6 rings (SSSR count). The van der Waals surface area contributed by atoms with Gasteiger partial charge < -0.3 is 56.6 Å². The molecule has 23 heteroatoms. The van der Waals surface area contributed by atoms with Gasteiger partial charge in [0.1, 0.15) is 36.3 Å². The number of hydrogen-bond acceptors (Lipinski definition) is 17. The summed E-state index contributed by atoms with van der Waals surface area (Å²) in [6.45, 7) is 14.8. The lowest BCUT2D eigenvalue weighted by Gasteiger charge is -2.37. The molecule has 6 fully saturated rings. The van der Waals surface area contributed by atoms with Crippen molar-refractivity contribution >= 4 is 89.2 Å². The van der Waals surface area contributed by atoms with Gasteiger partial charge in [-0.2, -0.15) is 0 Å². The van der Waals surface area contributed by atoms with Crippen LogP contribution in [0.25, 0.3) is 0 Å². The molecule has 2 aliphatic carbocycles. The van der Waals surface area contributed by atoms with Gasteiger partial charge in [0.25, 0.3) is 0 Å². The number of amides is 5. The summed E-state index contributed by atoms with van der Waals surface area (Å²) in [6.07, 6.45) is 8.51. The molecule has 18 nitrogen and oxygen atoms in total. The third kappa shape index (κ3) is 18.0. The molecule has 2 spiro atoms. The average Bonchev–Trinajstić information content (AvgIpc) is 4.20. The molecule has 0 aromatic rings. The number of halogens is 1. The zero-order chi connectivity index (χ0) is 53.5. The van der Waals surface area contributed by atoms with Gasteiger partial charge in [-0.25, -0.2) is 4.79 Å². The highest BCUT2D eigenvalue weighted by atomic mass is 35.5. The summed E-state index contributed by atoms with van der Waals surface area (Å²) in [4.78, 5) is 68.9. The highest BCUT2D eigenvalue weighted by Crippen LogP contribution is 2.53. The molecular weight excluding hydrogens is 1050 g/mol. The first kappa shape index (κ1) is 65.1. The quantitative estimate of drug-likeness (QED) is 0.0711. The van der Waals surface area contributed by atoms with Crippen molar-refractivity contribution in [2.24, 2.45) is 17.6 Å². The van der Waals surface area contributed by atoms with Gasteiger partial charge in [0.2, 0.25) is 23.6 Å². The van der Waals surface area contributed by atoms with Crippen molar-refractivity contribution in [1.82, 2.24) is 36.4 Å². The number of hydrogen-bond donors (Lipinski definition) is 10. The van der Waals surface area contributed by atoms with Crippen molar-refractivity contribution in [3.05, 3.63) is 0 Å². The Labute approximate surface area is 464 Å². The number of rotatable bonds is 21. The molecule has 2 saturated carbocycles. The highest BCUT2D eigenvalue weighted by Gasteiger charge is 2.54. The van der Waals surface area contributed by atoms with Gasteiger partial charge in [-0.05, 0) is 97.8 Å². The van der Waals surface area contributed by atoms with Crippen LogP contribution in [0.15, 0.2) is 0 Å². The van der Waals surface area contributed by atoms with Crippen LogP contribution in [0.1, 0.15) is 151 Å². The van der Waals surface area contributed by atoms with Crippen LogP contribution < -0.4 is 32.3 Å². The van der Waals surface area contributed by atoms with Crippen LogP contribution in [0.2, 0.25) is 0 Å². The van der Waals surface area contributed by atoms with Crippen LogP contribution in [0.3, 0.4) is 0 Å². The number of aliphatic hydroxyl groups excluding tert-OH is 4. The Morgan fingerprint density at radius 2 is 1.03 bits per heavy atom. The van der Waals surface area contributed by atoms with Crippen LogP contribution in [-0.4, -0.2) is 184 Å². The molecule has 0 aromatic heterocycles. The van der Waals surface area contributed by atoms with E-state index in [1.807, 2.05) is 60.9 Å². The third-order valence-corrected chi connectivity index (χ3v) is 21.9. The summed E-state index contributed by atoms with van der Waals surface area (Å²) in [5.41, 5.74) is 5.80. The molecule has 0 radical (unpaired) electrons. The topological polar surface area (TPSA) is 268 Å². The normalized spacial score (nSPS) is 25.1. The summed E-state index contributed by atoms with van der Waals surface area (Å²) in [5.74, 6) is 2.98. The average molecular weight is 1140 g/mol. The minimum atomic E-state index is -1.33. The van der Waals surface area contributed by atoms with Gasteiger partial charge >= 0.3 is 6.09 Å². The van der Waals surface area contributed by atoms with Crippen LogP contribution >= 0.6 is 59.5 Å². The zero-order valence-corrected chi connectivity index (χ0v) is 49.2. The molecule has 11 N–H and O–H groups in total. The fourth-order valence-corrected chi connectivity index (χ4v) is 18.0. The summed E-state index contributed by atoms with van der Waals surface area (Å²) < 4.78 is 5.18. The van der Waals surface area contributed by atoms with Gasteiger partial charge in [0.15, 0.2) is 0 Å². The van der Waals surface area contributed by atoms with Crippen LogP contribution in [0.4, 0.5) is 4.79 Å². The van der Waals surface area contributed by atoms with E-state index in [0.29, 0.717) is 58.3 Å². The van der Waals surface area contributed by atoms with E-state index in [1.165, 1.54) is 6.42 Å². The standard InChI is InChI=1S/C28H50N4O6S2.C23H42N4O4S2.ClH/c1-6-11-19(22(33)24(35)29-7-2)30-23(34)20-16-28(39-14-15-40-28)17-32(20)25(36)21(18-12-9-8-10-13-18)31-26(37)38-27(3,4)5;1-3-8-16(19(28)21(30)25-4-2)26-20(29)17-13-23(32-11-12-33-23)14-27(17)22(31)18(24)15-9-6-5-7-10-15;/h18-23,30,33-34H,6-17H2,1-5H3,(H,29,35)(H,31,37);15-20,26,28-29H,3-14,24H2,1-2H3,(H,25,30);1H/t19?,20-,21?,22?,23-;16?,17-,18?,19?,20-;/m00./s1. The summed E-state index contributed by atoms with van der Waals surface area (Å²) >= 11 is 7.36. The van der Waals surface area contributed by atoms with Crippen molar-refractivity contribution < 1.29 is 49.1 Å². The first-order valence-corrected chi connectivity index (χ1v) is 31.4. The van der Waals surface area contributed by atoms with E-state index in [4.69, 9.17) is 10.5 Å². The zero-order valence-electron chi connectivity index (χ0n) is 45.2. The van der Waals surface area contributed by atoms with E-state index < -0.39 is 84.4 Å². The Kier molecular flexibility index (Phi) is 27.1. The maximum absolute atomic E-state index is 14.3. The Morgan fingerprint density at radius 3 is 1.41 bits per heavy atom. The van der Waals surface area contributed by atoms with Gasteiger partial charge in [-0.15, -0.1) is 59.5 Å². The van der Waals surface area contributed by atoms with Crippen molar-refractivity contribution in [3.63, 3.8) is 0 Å². The predicted octanol–water partition coefficient (Wildman–Crippen LogP) is 4.48. The smallest absolute Gasteiger partial charge is 0.408 e. The Morgan fingerprint density at radius 1 is 0.635 bits per heavy atom. The molecular formula is C51H93ClN8O10S4. The van der Waals surface area contributed by atoms with Crippen molar-refractivity contribution in [2.45, 2.75) is 226 Å². The second-order valence-electron chi connectivity index (χ2n) is 21.8. The first-order chi connectivity index (χ1) is 34.7. The molecule has 74 heavy (non-hydrogen) atoms. The van der Waals surface area contributed by atoms with Gasteiger partial charge in [0, 0.05) is 61.3 Å². The number of likely N-dealkylation sites (tertiary alicyclic amines) is 2. The molecule has 5 amide bonds. The number of likely N-dealkylation sites (N-methyl/N-ethyl adjacent to an activating group) is 2. The Bertz CT molecular complexity index is 1770. The van der Waals surface area contributed by atoms with Crippen molar-refractivity contribution in [1.29, 1.82) is 0 Å². The second kappa shape index (κ2) is 30.8. The molecule has 4 aliphatic heterocycles. The lowest BCUT2D eigenvalue weighted by Crippen LogP contribution is -2.60. The highest BCUT2D eigenvalue weighted by molar-refractivity contribution is 8.21. The van der Waals surface area contributed by atoms with E-state index >= 15 is 0 Å². The number of aliphatic hydroxyl groups is 4. The lowest BCUT2D eigenvalue weighted by atomic mass is 9.83. The molecule has 4 heterocycles. The fourth-order valence-electron chi connectivity index (χ4n) is 11.4. The van der Waals surface area contributed by atoms with E-state index in [1.54, 1.807) is 44.4 Å². The SMILES string of the molecule is CCCC(N[C@@H](O)[C@@H]1CC2(CN1C(=O)C(N)C1CCCCC1)SCCS2)C(O)C(=O)NCC.CCCC(N[C@@H](O)[C@@H]1CC2(CN1C(=O)C(NC(=O)OC(C)(C)C)C1CCCCC1)SCCS2)C(O)C(=O)NCC.Cl. The number of thioether (sulfide) groups is 4. The number of nitrogens with one attached hydrogen (secondary N) is 5.